The van der Waals surface area contributed by atoms with Crippen LogP contribution in [0, 0.1) is 0 Å². The van der Waals surface area contributed by atoms with E-state index in [2.05, 4.69) is 13.5 Å². The molecule has 0 spiro atoms. The molecule has 4 nitrogen and oxygen atoms in total. The molecule has 0 amide bonds. The Kier molecular flexibility index (Phi) is 12.6. The Morgan fingerprint density at radius 2 is 1.52 bits per heavy atom. The van der Waals surface area contributed by atoms with Gasteiger partial charge in [-0.3, -0.25) is 0 Å². The molecular formula is C16H32O4Si. The molecule has 0 saturated carbocycles. The Hall–Kier alpha value is -0.653. The van der Waals surface area contributed by atoms with Gasteiger partial charge in [0.15, 0.2) is 0 Å². The van der Waals surface area contributed by atoms with Crippen LogP contribution in [0.3, 0.4) is 0 Å². The average molecular weight is 317 g/mol. The van der Waals surface area contributed by atoms with Gasteiger partial charge in [0.1, 0.15) is 0 Å². The zero-order valence-electron chi connectivity index (χ0n) is 14.0. The topological polar surface area (TPSA) is 44.8 Å². The third kappa shape index (κ3) is 9.82. The number of carbonyl (C=O) groups is 1. The maximum Gasteiger partial charge on any atom is 0.337 e. The lowest BCUT2D eigenvalue weighted by molar-refractivity contribution is -0.137. The highest BCUT2D eigenvalue weighted by molar-refractivity contribution is 6.67. The molecule has 5 heteroatoms. The molecule has 0 unspecified atom stereocenters. The number of rotatable bonds is 14. The van der Waals surface area contributed by atoms with E-state index >= 15 is 0 Å². The van der Waals surface area contributed by atoms with E-state index in [0.717, 1.165) is 24.9 Å². The Balaban J connectivity index is 3.40. The summed E-state index contributed by atoms with van der Waals surface area (Å²) in [4.78, 5) is 10.8. The van der Waals surface area contributed by atoms with Gasteiger partial charge < -0.3 is 13.6 Å². The van der Waals surface area contributed by atoms with Crippen LogP contribution in [0.1, 0.15) is 51.9 Å². The van der Waals surface area contributed by atoms with Gasteiger partial charge in [-0.1, -0.05) is 52.0 Å². The smallest absolute Gasteiger partial charge is 0.337 e. The fraction of sp³-hybridized carbons (Fsp3) is 0.812. The molecule has 0 aliphatic carbocycles. The summed E-state index contributed by atoms with van der Waals surface area (Å²) in [7, 11) is 1.68. The zero-order chi connectivity index (χ0) is 16.0. The summed E-state index contributed by atoms with van der Waals surface area (Å²) in [6, 6.07) is 2.11. The molecule has 0 aliphatic heterocycles. The van der Waals surface area contributed by atoms with Crippen LogP contribution in [0.15, 0.2) is 12.7 Å². The SMILES string of the molecule is C=CC(=O)OCCCCCCCCC[Si](CC)(OC)OC. The summed E-state index contributed by atoms with van der Waals surface area (Å²) in [6.07, 6.45) is 9.42. The number of hydrogen-bond donors (Lipinski definition) is 0. The second-order valence-electron chi connectivity index (χ2n) is 5.27. The van der Waals surface area contributed by atoms with Crippen LogP contribution in [-0.2, 0) is 18.4 Å². The van der Waals surface area contributed by atoms with Crippen molar-refractivity contribution >= 4 is 14.5 Å². The lowest BCUT2D eigenvalue weighted by Gasteiger charge is -2.25. The molecule has 0 aromatic rings. The minimum Gasteiger partial charge on any atom is -0.463 e. The summed E-state index contributed by atoms with van der Waals surface area (Å²) in [6.45, 7) is 6.03. The van der Waals surface area contributed by atoms with Crippen molar-refractivity contribution in [3.05, 3.63) is 12.7 Å². The first-order valence-corrected chi connectivity index (χ1v) is 10.3. The highest BCUT2D eigenvalue weighted by Gasteiger charge is 2.32. The van der Waals surface area contributed by atoms with Crippen LogP contribution in [0.5, 0.6) is 0 Å². The summed E-state index contributed by atoms with van der Waals surface area (Å²) in [5.41, 5.74) is 0. The second kappa shape index (κ2) is 13.0. The highest BCUT2D eigenvalue weighted by atomic mass is 28.4. The lowest BCUT2D eigenvalue weighted by Crippen LogP contribution is -2.38. The molecule has 0 rings (SSSR count). The normalized spacial score (nSPS) is 11.4. The predicted octanol–water partition coefficient (Wildman–Crippen LogP) is 4.20. The Bertz CT molecular complexity index is 269. The number of ether oxygens (including phenoxy) is 1. The predicted molar refractivity (Wildman–Crippen MR) is 88.5 cm³/mol. The van der Waals surface area contributed by atoms with Gasteiger partial charge in [-0.05, 0) is 18.5 Å². The van der Waals surface area contributed by atoms with Crippen molar-refractivity contribution in [2.45, 2.75) is 64.0 Å². The van der Waals surface area contributed by atoms with Crippen molar-refractivity contribution in [3.63, 3.8) is 0 Å². The molecule has 0 fully saturated rings. The fourth-order valence-electron chi connectivity index (χ4n) is 2.36. The Morgan fingerprint density at radius 3 is 2.00 bits per heavy atom. The van der Waals surface area contributed by atoms with Gasteiger partial charge in [-0.15, -0.1) is 0 Å². The molecule has 0 aromatic carbocycles. The van der Waals surface area contributed by atoms with Gasteiger partial charge in [-0.2, -0.15) is 0 Å². The first kappa shape index (κ1) is 20.3. The van der Waals surface area contributed by atoms with Crippen LogP contribution in [-0.4, -0.2) is 35.4 Å². The maximum atomic E-state index is 10.8. The minimum atomic E-state index is -1.87. The largest absolute Gasteiger partial charge is 0.463 e. The van der Waals surface area contributed by atoms with Crippen molar-refractivity contribution in [2.75, 3.05) is 20.8 Å². The van der Waals surface area contributed by atoms with Gasteiger partial charge in [0.25, 0.3) is 0 Å². The molecule has 0 heterocycles. The van der Waals surface area contributed by atoms with E-state index in [0.29, 0.717) is 6.61 Å². The van der Waals surface area contributed by atoms with Crippen molar-refractivity contribution in [3.8, 4) is 0 Å². The van der Waals surface area contributed by atoms with Crippen LogP contribution in [0.4, 0.5) is 0 Å². The van der Waals surface area contributed by atoms with E-state index < -0.39 is 8.56 Å². The first-order valence-electron chi connectivity index (χ1n) is 8.03. The van der Waals surface area contributed by atoms with Crippen LogP contribution in [0.25, 0.3) is 0 Å². The number of esters is 1. The molecular weight excluding hydrogens is 284 g/mol. The molecule has 0 aromatic heterocycles. The lowest BCUT2D eigenvalue weighted by atomic mass is 10.1. The monoisotopic (exact) mass is 316 g/mol. The molecule has 124 valence electrons. The zero-order valence-corrected chi connectivity index (χ0v) is 15.0. The van der Waals surface area contributed by atoms with Gasteiger partial charge >= 0.3 is 14.5 Å². The highest BCUT2D eigenvalue weighted by Crippen LogP contribution is 2.21. The molecule has 0 bridgehead atoms. The Morgan fingerprint density at radius 1 is 1.00 bits per heavy atom. The molecule has 0 aliphatic rings. The van der Waals surface area contributed by atoms with E-state index in [-0.39, 0.29) is 5.97 Å². The minimum absolute atomic E-state index is 0.324. The standard InChI is InChI=1S/C16H32O4Si/c1-5-16(17)20-14-12-10-8-7-9-11-13-15-21(6-2,18-3)19-4/h5H,1,6-15H2,2-4H3. The molecule has 0 atom stereocenters. The molecule has 21 heavy (non-hydrogen) atoms. The van der Waals surface area contributed by atoms with Crippen molar-refractivity contribution in [1.82, 2.24) is 0 Å². The molecule has 0 N–H and O–H groups in total. The third-order valence-corrected chi connectivity index (χ3v) is 7.58. The summed E-state index contributed by atoms with van der Waals surface area (Å²) in [5, 5.41) is 0. The van der Waals surface area contributed by atoms with Crippen LogP contribution in [0.2, 0.25) is 12.1 Å². The quantitative estimate of drug-likeness (QED) is 0.208. The summed E-state index contributed by atoms with van der Waals surface area (Å²) < 4.78 is 16.1. The second-order valence-corrected chi connectivity index (χ2v) is 9.11. The number of unbranched alkanes of at least 4 members (excludes halogenated alkanes) is 6. The summed E-state index contributed by atoms with van der Waals surface area (Å²) >= 11 is 0. The Labute approximate surface area is 131 Å². The van der Waals surface area contributed by atoms with Crippen LogP contribution >= 0.6 is 0 Å². The number of carbonyl (C=O) groups excluding carboxylic acids is 1. The van der Waals surface area contributed by atoms with E-state index in [1.165, 1.54) is 38.2 Å². The van der Waals surface area contributed by atoms with Crippen molar-refractivity contribution in [2.24, 2.45) is 0 Å². The van der Waals surface area contributed by atoms with Gasteiger partial charge in [-0.25, -0.2) is 4.79 Å². The van der Waals surface area contributed by atoms with E-state index in [1.54, 1.807) is 14.2 Å². The van der Waals surface area contributed by atoms with Gasteiger partial charge in [0.05, 0.1) is 6.61 Å². The third-order valence-electron chi connectivity index (χ3n) is 3.90. The van der Waals surface area contributed by atoms with Crippen LogP contribution < -0.4 is 0 Å². The van der Waals surface area contributed by atoms with E-state index in [1.807, 2.05) is 0 Å². The molecule has 0 radical (unpaired) electrons. The van der Waals surface area contributed by atoms with Crippen molar-refractivity contribution < 1.29 is 18.4 Å². The average Bonchev–Trinajstić information content (AvgIpc) is 2.53. The summed E-state index contributed by atoms with van der Waals surface area (Å²) in [5.74, 6) is -0.324. The fourth-order valence-corrected chi connectivity index (χ4v) is 4.66. The van der Waals surface area contributed by atoms with E-state index in [4.69, 9.17) is 13.6 Å². The van der Waals surface area contributed by atoms with Gasteiger partial charge in [0.2, 0.25) is 0 Å². The van der Waals surface area contributed by atoms with Crippen molar-refractivity contribution in [1.29, 1.82) is 0 Å². The van der Waals surface area contributed by atoms with E-state index in [9.17, 15) is 4.79 Å². The first-order chi connectivity index (χ1) is 10.1. The van der Waals surface area contributed by atoms with Gasteiger partial charge in [0, 0.05) is 20.3 Å². The molecule has 0 saturated heterocycles. The number of hydrogen-bond acceptors (Lipinski definition) is 4. The maximum absolute atomic E-state index is 10.8.